The molecule has 0 fully saturated rings. The van der Waals surface area contributed by atoms with Crippen LogP contribution in [0, 0.1) is 0 Å². The highest BCUT2D eigenvalue weighted by Crippen LogP contribution is 2.17. The first-order chi connectivity index (χ1) is 7.81. The lowest BCUT2D eigenvalue weighted by molar-refractivity contribution is -0.121. The maximum atomic E-state index is 11.3. The minimum absolute atomic E-state index is 0.00668. The first kappa shape index (κ1) is 10.7. The second-order valence-electron chi connectivity index (χ2n) is 3.67. The van der Waals surface area contributed by atoms with E-state index in [1.807, 2.05) is 30.5 Å². The molecule has 0 aliphatic heterocycles. The summed E-state index contributed by atoms with van der Waals surface area (Å²) in [7, 11) is 0. The molecule has 2 aromatic rings. The Labute approximate surface area is 93.8 Å². The van der Waals surface area contributed by atoms with Crippen molar-refractivity contribution in [2.75, 3.05) is 6.54 Å². The molecule has 2 rings (SSSR count). The predicted octanol–water partition coefficient (Wildman–Crippen LogP) is 1.13. The molecule has 0 aliphatic rings. The zero-order chi connectivity index (χ0) is 11.4. The summed E-state index contributed by atoms with van der Waals surface area (Å²) >= 11 is 0. The summed E-state index contributed by atoms with van der Waals surface area (Å²) in [6, 6.07) is 8.02. The monoisotopic (exact) mass is 217 g/mol. The van der Waals surface area contributed by atoms with E-state index in [4.69, 9.17) is 5.73 Å². The second-order valence-corrected chi connectivity index (χ2v) is 3.67. The van der Waals surface area contributed by atoms with E-state index in [-0.39, 0.29) is 5.91 Å². The fraction of sp³-hybridized carbons (Fsp3) is 0.250. The predicted molar refractivity (Wildman–Crippen MR) is 63.8 cm³/mol. The van der Waals surface area contributed by atoms with E-state index < -0.39 is 0 Å². The topological polar surface area (TPSA) is 70.9 Å². The highest BCUT2D eigenvalue weighted by Gasteiger charge is 2.04. The second kappa shape index (κ2) is 4.81. The fourth-order valence-electron chi connectivity index (χ4n) is 1.69. The Hall–Kier alpha value is -1.81. The molecule has 0 saturated heterocycles. The third kappa shape index (κ3) is 2.23. The van der Waals surface area contributed by atoms with E-state index in [1.165, 1.54) is 0 Å². The molecule has 0 atom stereocenters. The summed E-state index contributed by atoms with van der Waals surface area (Å²) in [4.78, 5) is 14.4. The van der Waals surface area contributed by atoms with E-state index in [2.05, 4.69) is 10.3 Å². The molecular formula is C12H15N3O. The number of para-hydroxylation sites is 1. The number of aromatic amines is 1. The van der Waals surface area contributed by atoms with E-state index in [1.54, 1.807) is 0 Å². The van der Waals surface area contributed by atoms with Gasteiger partial charge in [0.15, 0.2) is 0 Å². The molecule has 84 valence electrons. The van der Waals surface area contributed by atoms with Crippen molar-refractivity contribution in [3.05, 3.63) is 36.0 Å². The Balaban J connectivity index is 2.07. The number of hydrogen-bond donors (Lipinski definition) is 3. The minimum Gasteiger partial charge on any atom is -0.361 e. The average Bonchev–Trinajstić information content (AvgIpc) is 2.70. The van der Waals surface area contributed by atoms with Crippen LogP contribution in [0.2, 0.25) is 0 Å². The molecule has 0 radical (unpaired) electrons. The molecule has 16 heavy (non-hydrogen) atoms. The zero-order valence-corrected chi connectivity index (χ0v) is 8.99. The summed E-state index contributed by atoms with van der Waals surface area (Å²) < 4.78 is 0. The first-order valence-corrected chi connectivity index (χ1v) is 5.33. The lowest BCUT2D eigenvalue weighted by atomic mass is 10.2. The summed E-state index contributed by atoms with van der Waals surface area (Å²) in [6.45, 7) is 0.933. The van der Waals surface area contributed by atoms with Crippen LogP contribution in [0.25, 0.3) is 10.9 Å². The van der Waals surface area contributed by atoms with Crippen LogP contribution in [-0.2, 0) is 11.3 Å². The minimum atomic E-state index is -0.00668. The van der Waals surface area contributed by atoms with Crippen LogP contribution >= 0.6 is 0 Å². The van der Waals surface area contributed by atoms with Crippen LogP contribution in [0.5, 0.6) is 0 Å². The maximum absolute atomic E-state index is 11.3. The van der Waals surface area contributed by atoms with Crippen molar-refractivity contribution in [1.82, 2.24) is 10.3 Å². The van der Waals surface area contributed by atoms with Crippen molar-refractivity contribution in [2.45, 2.75) is 13.0 Å². The van der Waals surface area contributed by atoms with E-state index >= 15 is 0 Å². The number of amides is 1. The smallest absolute Gasteiger partial charge is 0.221 e. The zero-order valence-electron chi connectivity index (χ0n) is 8.99. The van der Waals surface area contributed by atoms with E-state index in [0.29, 0.717) is 19.5 Å². The van der Waals surface area contributed by atoms with Gasteiger partial charge in [0.25, 0.3) is 0 Å². The lowest BCUT2D eigenvalue weighted by Gasteiger charge is -2.02. The van der Waals surface area contributed by atoms with Crippen molar-refractivity contribution < 1.29 is 4.79 Å². The van der Waals surface area contributed by atoms with Crippen molar-refractivity contribution in [1.29, 1.82) is 0 Å². The number of fused-ring (bicyclic) bond motifs is 1. The Kier molecular flexibility index (Phi) is 3.22. The van der Waals surface area contributed by atoms with Gasteiger partial charge in [-0.05, 0) is 11.6 Å². The summed E-state index contributed by atoms with van der Waals surface area (Å²) in [5, 5.41) is 3.99. The van der Waals surface area contributed by atoms with Crippen LogP contribution in [0.1, 0.15) is 12.0 Å². The summed E-state index contributed by atoms with van der Waals surface area (Å²) in [6.07, 6.45) is 2.30. The van der Waals surface area contributed by atoms with Crippen LogP contribution in [0.3, 0.4) is 0 Å². The molecule has 0 spiro atoms. The number of carbonyl (C=O) groups is 1. The summed E-state index contributed by atoms with van der Waals surface area (Å²) in [5.74, 6) is -0.00668. The van der Waals surface area contributed by atoms with Crippen LogP contribution in [0.15, 0.2) is 30.5 Å². The molecule has 0 saturated carbocycles. The quantitative estimate of drug-likeness (QED) is 0.718. The van der Waals surface area contributed by atoms with E-state index in [0.717, 1.165) is 16.5 Å². The average molecular weight is 217 g/mol. The molecule has 4 nitrogen and oxygen atoms in total. The number of benzene rings is 1. The number of hydrogen-bond acceptors (Lipinski definition) is 2. The molecular weight excluding hydrogens is 202 g/mol. The van der Waals surface area contributed by atoms with Gasteiger partial charge < -0.3 is 16.0 Å². The van der Waals surface area contributed by atoms with Gasteiger partial charge in [0.1, 0.15) is 0 Å². The van der Waals surface area contributed by atoms with Gasteiger partial charge in [-0.1, -0.05) is 18.2 Å². The van der Waals surface area contributed by atoms with Gasteiger partial charge in [0, 0.05) is 36.6 Å². The number of H-pyrrole nitrogens is 1. The molecule has 0 aliphatic carbocycles. The third-order valence-electron chi connectivity index (χ3n) is 2.52. The van der Waals surface area contributed by atoms with Crippen molar-refractivity contribution in [3.8, 4) is 0 Å². The fourth-order valence-corrected chi connectivity index (χ4v) is 1.69. The number of carbonyl (C=O) groups excluding carboxylic acids is 1. The van der Waals surface area contributed by atoms with Crippen molar-refractivity contribution in [3.63, 3.8) is 0 Å². The van der Waals surface area contributed by atoms with Gasteiger partial charge in [-0.15, -0.1) is 0 Å². The molecule has 4 N–H and O–H groups in total. The van der Waals surface area contributed by atoms with Gasteiger partial charge in [-0.2, -0.15) is 0 Å². The first-order valence-electron chi connectivity index (χ1n) is 5.33. The summed E-state index contributed by atoms with van der Waals surface area (Å²) in [5.41, 5.74) is 7.49. The molecule has 1 heterocycles. The third-order valence-corrected chi connectivity index (χ3v) is 2.52. The molecule has 0 bridgehead atoms. The normalized spacial score (nSPS) is 10.6. The Morgan fingerprint density at radius 1 is 1.38 bits per heavy atom. The Morgan fingerprint density at radius 2 is 2.19 bits per heavy atom. The molecule has 1 amide bonds. The van der Waals surface area contributed by atoms with Crippen molar-refractivity contribution in [2.24, 2.45) is 5.73 Å². The standard InChI is InChI=1S/C12H15N3O/c13-6-5-12(16)15-8-9-7-14-11-4-2-1-3-10(9)11/h1-4,7,14H,5-6,8,13H2,(H,15,16). The molecule has 1 aromatic heterocycles. The lowest BCUT2D eigenvalue weighted by Crippen LogP contribution is -2.24. The highest BCUT2D eigenvalue weighted by atomic mass is 16.1. The Morgan fingerprint density at radius 3 is 3.00 bits per heavy atom. The Bertz CT molecular complexity index is 490. The van der Waals surface area contributed by atoms with Gasteiger partial charge in [0.05, 0.1) is 0 Å². The van der Waals surface area contributed by atoms with Gasteiger partial charge in [-0.3, -0.25) is 4.79 Å². The SMILES string of the molecule is NCCC(=O)NCc1c[nH]c2ccccc12. The number of rotatable bonds is 4. The molecule has 4 heteroatoms. The molecule has 1 aromatic carbocycles. The van der Waals surface area contributed by atoms with Gasteiger partial charge in [0.2, 0.25) is 5.91 Å². The van der Waals surface area contributed by atoms with Crippen LogP contribution in [0.4, 0.5) is 0 Å². The molecule has 0 unspecified atom stereocenters. The van der Waals surface area contributed by atoms with Crippen LogP contribution in [-0.4, -0.2) is 17.4 Å². The van der Waals surface area contributed by atoms with E-state index in [9.17, 15) is 4.79 Å². The maximum Gasteiger partial charge on any atom is 0.221 e. The van der Waals surface area contributed by atoms with Gasteiger partial charge >= 0.3 is 0 Å². The largest absolute Gasteiger partial charge is 0.361 e. The number of nitrogens with two attached hydrogens (primary N) is 1. The number of nitrogens with one attached hydrogen (secondary N) is 2. The van der Waals surface area contributed by atoms with Gasteiger partial charge in [-0.25, -0.2) is 0 Å². The van der Waals surface area contributed by atoms with Crippen molar-refractivity contribution >= 4 is 16.8 Å². The number of aromatic nitrogens is 1. The highest BCUT2D eigenvalue weighted by molar-refractivity contribution is 5.83. The van der Waals surface area contributed by atoms with Crippen LogP contribution < -0.4 is 11.1 Å².